The fraction of sp³-hybridized carbons (Fsp3) is 0.700. The number of hydrogen-bond acceptors (Lipinski definition) is 5. The molecule has 0 aliphatic rings. The highest BCUT2D eigenvalue weighted by Crippen LogP contribution is 2.14. The number of aromatic nitrogens is 2. The molecule has 1 aromatic rings. The van der Waals surface area contributed by atoms with E-state index in [1.165, 1.54) is 0 Å². The summed E-state index contributed by atoms with van der Waals surface area (Å²) in [6.45, 7) is 0.284. The molecule has 0 N–H and O–H groups in total. The topological polar surface area (TPSA) is 71.9 Å². The first-order chi connectivity index (χ1) is 8.40. The Morgan fingerprint density at radius 2 is 2.22 bits per heavy atom. The van der Waals surface area contributed by atoms with Gasteiger partial charge >= 0.3 is 6.18 Å². The van der Waals surface area contributed by atoms with E-state index < -0.39 is 12.8 Å². The molecule has 0 fully saturated rings. The summed E-state index contributed by atoms with van der Waals surface area (Å²) < 4.78 is 44.5. The first-order valence-corrected chi connectivity index (χ1v) is 5.26. The fourth-order valence-electron chi connectivity index (χ4n) is 1.13. The third kappa shape index (κ3) is 5.63. The highest BCUT2D eigenvalue weighted by Gasteiger charge is 2.27. The summed E-state index contributed by atoms with van der Waals surface area (Å²) in [4.78, 5) is 3.94. The van der Waals surface area contributed by atoms with Crippen LogP contribution in [0.2, 0.25) is 0 Å². The summed E-state index contributed by atoms with van der Waals surface area (Å²) in [6.07, 6.45) is -3.86. The predicted molar refractivity (Wildman–Crippen MR) is 53.4 cm³/mol. The maximum Gasteiger partial charge on any atom is 0.411 e. The molecule has 0 aliphatic carbocycles. The van der Waals surface area contributed by atoms with Gasteiger partial charge in [0.2, 0.25) is 5.89 Å². The molecule has 1 aromatic heterocycles. The van der Waals surface area contributed by atoms with Crippen LogP contribution in [-0.2, 0) is 17.6 Å². The zero-order valence-corrected chi connectivity index (χ0v) is 9.70. The van der Waals surface area contributed by atoms with Gasteiger partial charge in [-0.05, 0) is 6.92 Å². The number of hydrogen-bond donors (Lipinski definition) is 0. The van der Waals surface area contributed by atoms with Gasteiger partial charge in [-0.3, -0.25) is 0 Å². The van der Waals surface area contributed by atoms with Crippen LogP contribution in [0.25, 0.3) is 0 Å². The van der Waals surface area contributed by atoms with Gasteiger partial charge in [0, 0.05) is 12.8 Å². The number of nitrogens with zero attached hydrogens (tertiary/aromatic N) is 3. The second-order valence-corrected chi connectivity index (χ2v) is 3.76. The average Bonchev–Trinajstić information content (AvgIpc) is 2.71. The number of ether oxygens (including phenoxy) is 1. The minimum atomic E-state index is -4.33. The van der Waals surface area contributed by atoms with E-state index in [9.17, 15) is 13.2 Å². The molecular weight excluding hydrogens is 251 g/mol. The Morgan fingerprint density at radius 3 is 2.83 bits per heavy atom. The van der Waals surface area contributed by atoms with E-state index in [1.54, 1.807) is 6.92 Å². The smallest absolute Gasteiger partial charge is 0.372 e. The summed E-state index contributed by atoms with van der Waals surface area (Å²) in [5, 5.41) is 12.2. The quantitative estimate of drug-likeness (QED) is 0.733. The van der Waals surface area contributed by atoms with Crippen LogP contribution in [0.5, 0.6) is 0 Å². The Kier molecular flexibility index (Phi) is 5.09. The van der Waals surface area contributed by atoms with Gasteiger partial charge in [-0.15, -0.1) is 0 Å². The summed E-state index contributed by atoms with van der Waals surface area (Å²) in [6, 6.07) is 2.01. The third-order valence-corrected chi connectivity index (χ3v) is 1.95. The van der Waals surface area contributed by atoms with Gasteiger partial charge in [-0.2, -0.15) is 23.4 Å². The Morgan fingerprint density at radius 1 is 1.50 bits per heavy atom. The Labute approximate surface area is 102 Å². The molecule has 100 valence electrons. The van der Waals surface area contributed by atoms with Crippen molar-refractivity contribution in [2.45, 2.75) is 25.9 Å². The van der Waals surface area contributed by atoms with Crippen molar-refractivity contribution in [1.29, 1.82) is 5.26 Å². The van der Waals surface area contributed by atoms with Crippen molar-refractivity contribution in [3.8, 4) is 6.07 Å². The minimum absolute atomic E-state index is 0.133. The zero-order chi connectivity index (χ0) is 13.6. The molecule has 0 spiro atoms. The lowest BCUT2D eigenvalue weighted by molar-refractivity contribution is -0.173. The van der Waals surface area contributed by atoms with Crippen molar-refractivity contribution in [3.05, 3.63) is 11.7 Å². The van der Waals surface area contributed by atoms with Crippen molar-refractivity contribution in [3.63, 3.8) is 0 Å². The number of nitriles is 1. The summed E-state index contributed by atoms with van der Waals surface area (Å²) in [5.74, 6) is 0.326. The van der Waals surface area contributed by atoms with Gasteiger partial charge in [0.05, 0.1) is 18.6 Å². The van der Waals surface area contributed by atoms with Crippen LogP contribution in [0.15, 0.2) is 4.52 Å². The van der Waals surface area contributed by atoms with E-state index in [1.807, 2.05) is 6.07 Å². The molecule has 0 aliphatic heterocycles. The Bertz CT molecular complexity index is 411. The summed E-state index contributed by atoms with van der Waals surface area (Å²) in [7, 11) is 0. The third-order valence-electron chi connectivity index (χ3n) is 1.95. The maximum atomic E-state index is 11.8. The fourth-order valence-corrected chi connectivity index (χ4v) is 1.13. The van der Waals surface area contributed by atoms with Crippen molar-refractivity contribution < 1.29 is 22.4 Å². The summed E-state index contributed by atoms with van der Waals surface area (Å²) >= 11 is 0. The molecule has 1 heterocycles. The molecule has 0 saturated heterocycles. The van der Waals surface area contributed by atoms with Gasteiger partial charge in [0.25, 0.3) is 0 Å². The molecule has 0 saturated carbocycles. The van der Waals surface area contributed by atoms with Crippen LogP contribution in [0.4, 0.5) is 13.2 Å². The molecule has 0 amide bonds. The van der Waals surface area contributed by atoms with Gasteiger partial charge < -0.3 is 9.26 Å². The van der Waals surface area contributed by atoms with E-state index in [-0.39, 0.29) is 24.8 Å². The van der Waals surface area contributed by atoms with Crippen LogP contribution in [0.1, 0.15) is 18.6 Å². The molecule has 5 nitrogen and oxygen atoms in total. The highest BCUT2D eigenvalue weighted by molar-refractivity contribution is 4.92. The van der Waals surface area contributed by atoms with E-state index in [0.717, 1.165) is 0 Å². The molecule has 0 bridgehead atoms. The SMILES string of the molecule is CC(C#N)Cc1nc(CCOCC(F)(F)F)no1. The number of alkyl halides is 3. The van der Waals surface area contributed by atoms with Gasteiger partial charge in [-0.1, -0.05) is 5.16 Å². The normalized spacial score (nSPS) is 13.3. The summed E-state index contributed by atoms with van der Waals surface area (Å²) in [5.41, 5.74) is 0. The number of rotatable bonds is 6. The standard InChI is InChI=1S/C10H12F3N3O2/c1-7(5-14)4-9-15-8(16-18-9)2-3-17-6-10(11,12)13/h7H,2-4,6H2,1H3. The largest absolute Gasteiger partial charge is 0.411 e. The molecule has 18 heavy (non-hydrogen) atoms. The molecule has 8 heteroatoms. The van der Waals surface area contributed by atoms with E-state index in [0.29, 0.717) is 12.3 Å². The van der Waals surface area contributed by atoms with Crippen LogP contribution < -0.4 is 0 Å². The lowest BCUT2D eigenvalue weighted by Crippen LogP contribution is -2.18. The molecule has 1 unspecified atom stereocenters. The van der Waals surface area contributed by atoms with Crippen molar-refractivity contribution in [2.24, 2.45) is 5.92 Å². The molecule has 0 radical (unpaired) electrons. The van der Waals surface area contributed by atoms with Crippen LogP contribution in [0.3, 0.4) is 0 Å². The van der Waals surface area contributed by atoms with Crippen molar-refractivity contribution in [1.82, 2.24) is 10.1 Å². The van der Waals surface area contributed by atoms with E-state index in [2.05, 4.69) is 14.9 Å². The van der Waals surface area contributed by atoms with E-state index >= 15 is 0 Å². The minimum Gasteiger partial charge on any atom is -0.372 e. The maximum absolute atomic E-state index is 11.8. The number of halogens is 3. The zero-order valence-electron chi connectivity index (χ0n) is 9.70. The van der Waals surface area contributed by atoms with Crippen LogP contribution in [0, 0.1) is 17.2 Å². The molecule has 0 aromatic carbocycles. The first-order valence-electron chi connectivity index (χ1n) is 5.26. The van der Waals surface area contributed by atoms with Gasteiger partial charge in [0.15, 0.2) is 5.82 Å². The van der Waals surface area contributed by atoms with Crippen molar-refractivity contribution >= 4 is 0 Å². The van der Waals surface area contributed by atoms with Crippen LogP contribution >= 0.6 is 0 Å². The Balaban J connectivity index is 2.30. The van der Waals surface area contributed by atoms with Gasteiger partial charge in [0.1, 0.15) is 6.61 Å². The second kappa shape index (κ2) is 6.35. The second-order valence-electron chi connectivity index (χ2n) is 3.76. The highest BCUT2D eigenvalue weighted by atomic mass is 19.4. The Hall–Kier alpha value is -1.62. The lowest BCUT2D eigenvalue weighted by Gasteiger charge is -2.05. The van der Waals surface area contributed by atoms with Crippen LogP contribution in [-0.4, -0.2) is 29.5 Å². The predicted octanol–water partition coefficient (Wildman–Crippen LogP) is 1.89. The molecule has 1 rings (SSSR count). The van der Waals surface area contributed by atoms with E-state index in [4.69, 9.17) is 9.78 Å². The monoisotopic (exact) mass is 263 g/mol. The first kappa shape index (κ1) is 14.4. The van der Waals surface area contributed by atoms with Gasteiger partial charge in [-0.25, -0.2) is 0 Å². The van der Waals surface area contributed by atoms with Crippen molar-refractivity contribution in [2.75, 3.05) is 13.2 Å². The lowest BCUT2D eigenvalue weighted by atomic mass is 10.1. The molecular formula is C10H12F3N3O2. The average molecular weight is 263 g/mol. The molecule has 1 atom stereocenters.